The average Bonchev–Trinajstić information content (AvgIpc) is 2.79. The van der Waals surface area contributed by atoms with Gasteiger partial charge in [-0.25, -0.2) is 0 Å². The SMILES string of the molecule is CCCCCCCC1(C=O)CCC(c2ccc(-c3ccc(CC)cc3)cc2)CC1. The molecule has 0 bridgehead atoms. The Kier molecular flexibility index (Phi) is 8.09. The predicted octanol–water partition coefficient (Wildman–Crippen LogP) is 8.12. The lowest BCUT2D eigenvalue weighted by Crippen LogP contribution is -2.28. The summed E-state index contributed by atoms with van der Waals surface area (Å²) in [5.74, 6) is 0.611. The third-order valence-corrected chi connectivity index (χ3v) is 7.09. The van der Waals surface area contributed by atoms with Gasteiger partial charge in [-0.15, -0.1) is 0 Å². The molecule has 1 aliphatic carbocycles. The van der Waals surface area contributed by atoms with Crippen molar-refractivity contribution in [1.29, 1.82) is 0 Å². The minimum atomic E-state index is -0.0380. The molecule has 0 amide bonds. The van der Waals surface area contributed by atoms with Gasteiger partial charge >= 0.3 is 0 Å². The van der Waals surface area contributed by atoms with E-state index in [1.165, 1.54) is 60.6 Å². The van der Waals surface area contributed by atoms with E-state index in [1.807, 2.05) is 0 Å². The molecule has 0 atom stereocenters. The standard InChI is InChI=1S/C28H38O/c1-3-5-6-7-8-19-28(22-29)20-17-27(18-21-28)26-15-13-25(14-16-26)24-11-9-23(4-2)10-12-24/h9-16,22,27H,3-8,17-21H2,1-2H3. The van der Waals surface area contributed by atoms with Gasteiger partial charge in [0.05, 0.1) is 0 Å². The largest absolute Gasteiger partial charge is 0.303 e. The first kappa shape index (κ1) is 21.8. The Morgan fingerprint density at radius 3 is 1.97 bits per heavy atom. The second-order valence-corrected chi connectivity index (χ2v) is 9.09. The zero-order valence-electron chi connectivity index (χ0n) is 18.5. The molecular formula is C28H38O. The number of carbonyl (C=O) groups excluding carboxylic acids is 1. The number of aldehydes is 1. The van der Waals surface area contributed by atoms with Crippen molar-refractivity contribution in [3.63, 3.8) is 0 Å². The van der Waals surface area contributed by atoms with Crippen LogP contribution in [0.2, 0.25) is 0 Å². The van der Waals surface area contributed by atoms with Gasteiger partial charge in [0, 0.05) is 5.41 Å². The molecule has 2 aromatic carbocycles. The second-order valence-electron chi connectivity index (χ2n) is 9.09. The number of hydrogen-bond acceptors (Lipinski definition) is 1. The highest BCUT2D eigenvalue weighted by atomic mass is 16.1. The first-order valence-corrected chi connectivity index (χ1v) is 11.9. The molecule has 0 saturated heterocycles. The van der Waals surface area contributed by atoms with Crippen LogP contribution in [-0.4, -0.2) is 6.29 Å². The van der Waals surface area contributed by atoms with Gasteiger partial charge in [-0.05, 0) is 66.7 Å². The molecule has 0 aliphatic heterocycles. The summed E-state index contributed by atoms with van der Waals surface area (Å²) in [4.78, 5) is 11.9. The topological polar surface area (TPSA) is 17.1 Å². The molecule has 156 valence electrons. The molecule has 3 rings (SSSR count). The van der Waals surface area contributed by atoms with Gasteiger partial charge in [0.2, 0.25) is 0 Å². The van der Waals surface area contributed by atoms with E-state index in [2.05, 4.69) is 62.4 Å². The fraction of sp³-hybridized carbons (Fsp3) is 0.536. The first-order chi connectivity index (χ1) is 14.2. The summed E-state index contributed by atoms with van der Waals surface area (Å²) in [6, 6.07) is 18.1. The van der Waals surface area contributed by atoms with Crippen LogP contribution >= 0.6 is 0 Å². The summed E-state index contributed by atoms with van der Waals surface area (Å²) in [5, 5.41) is 0. The third kappa shape index (κ3) is 5.81. The van der Waals surface area contributed by atoms with E-state index in [4.69, 9.17) is 0 Å². The number of carbonyl (C=O) groups is 1. The fourth-order valence-corrected chi connectivity index (χ4v) is 4.91. The highest BCUT2D eigenvalue weighted by Gasteiger charge is 2.34. The lowest BCUT2D eigenvalue weighted by atomic mass is 9.67. The lowest BCUT2D eigenvalue weighted by molar-refractivity contribution is -0.118. The average molecular weight is 391 g/mol. The molecule has 0 heterocycles. The molecule has 1 heteroatoms. The van der Waals surface area contributed by atoms with Gasteiger partial charge in [0.15, 0.2) is 0 Å². The van der Waals surface area contributed by atoms with Crippen molar-refractivity contribution >= 4 is 6.29 Å². The Morgan fingerprint density at radius 2 is 1.41 bits per heavy atom. The van der Waals surface area contributed by atoms with Crippen molar-refractivity contribution in [2.75, 3.05) is 0 Å². The summed E-state index contributed by atoms with van der Waals surface area (Å²) in [6.45, 7) is 4.45. The number of aryl methyl sites for hydroxylation is 1. The highest BCUT2D eigenvalue weighted by molar-refractivity contribution is 5.64. The molecule has 1 fully saturated rings. The molecule has 0 spiro atoms. The second kappa shape index (κ2) is 10.8. The minimum absolute atomic E-state index is 0.0380. The van der Waals surface area contributed by atoms with Crippen LogP contribution in [0.1, 0.15) is 95.1 Å². The van der Waals surface area contributed by atoms with Crippen molar-refractivity contribution in [1.82, 2.24) is 0 Å². The van der Waals surface area contributed by atoms with Crippen LogP contribution in [0, 0.1) is 5.41 Å². The molecule has 1 saturated carbocycles. The monoisotopic (exact) mass is 390 g/mol. The fourth-order valence-electron chi connectivity index (χ4n) is 4.91. The van der Waals surface area contributed by atoms with E-state index in [0.717, 1.165) is 38.5 Å². The van der Waals surface area contributed by atoms with Gasteiger partial charge in [0.1, 0.15) is 6.29 Å². The molecule has 1 nitrogen and oxygen atoms in total. The van der Waals surface area contributed by atoms with Crippen LogP contribution < -0.4 is 0 Å². The number of hydrogen-bond donors (Lipinski definition) is 0. The van der Waals surface area contributed by atoms with Crippen LogP contribution in [0.15, 0.2) is 48.5 Å². The van der Waals surface area contributed by atoms with Crippen LogP contribution in [0.4, 0.5) is 0 Å². The molecule has 29 heavy (non-hydrogen) atoms. The minimum Gasteiger partial charge on any atom is -0.303 e. The molecule has 0 aromatic heterocycles. The van der Waals surface area contributed by atoms with Crippen LogP contribution in [0.3, 0.4) is 0 Å². The van der Waals surface area contributed by atoms with Crippen LogP contribution in [-0.2, 0) is 11.2 Å². The summed E-state index contributed by atoms with van der Waals surface area (Å²) in [6.07, 6.45) is 14.3. The maximum Gasteiger partial charge on any atom is 0.126 e. The molecule has 1 aliphatic rings. The van der Waals surface area contributed by atoms with Gasteiger partial charge in [-0.1, -0.05) is 94.5 Å². The summed E-state index contributed by atoms with van der Waals surface area (Å²) in [7, 11) is 0. The number of rotatable bonds is 10. The third-order valence-electron chi connectivity index (χ3n) is 7.09. The van der Waals surface area contributed by atoms with Crippen molar-refractivity contribution in [2.45, 2.75) is 90.4 Å². The Hall–Kier alpha value is -1.89. The van der Waals surface area contributed by atoms with Gasteiger partial charge in [-0.2, -0.15) is 0 Å². The van der Waals surface area contributed by atoms with E-state index in [0.29, 0.717) is 5.92 Å². The first-order valence-electron chi connectivity index (χ1n) is 11.9. The van der Waals surface area contributed by atoms with Gasteiger partial charge in [-0.3, -0.25) is 0 Å². The zero-order valence-corrected chi connectivity index (χ0v) is 18.5. The lowest BCUT2D eigenvalue weighted by Gasteiger charge is -2.36. The summed E-state index contributed by atoms with van der Waals surface area (Å²) >= 11 is 0. The smallest absolute Gasteiger partial charge is 0.126 e. The predicted molar refractivity (Wildman–Crippen MR) is 124 cm³/mol. The van der Waals surface area contributed by atoms with E-state index in [-0.39, 0.29) is 5.41 Å². The summed E-state index contributed by atoms with van der Waals surface area (Å²) < 4.78 is 0. The van der Waals surface area contributed by atoms with Crippen molar-refractivity contribution in [2.24, 2.45) is 5.41 Å². The van der Waals surface area contributed by atoms with Crippen molar-refractivity contribution in [3.05, 3.63) is 59.7 Å². The van der Waals surface area contributed by atoms with E-state index < -0.39 is 0 Å². The Balaban J connectivity index is 1.55. The highest BCUT2D eigenvalue weighted by Crippen LogP contribution is 2.45. The molecule has 0 radical (unpaired) electrons. The van der Waals surface area contributed by atoms with Crippen LogP contribution in [0.25, 0.3) is 11.1 Å². The maximum atomic E-state index is 11.9. The molecular weight excluding hydrogens is 352 g/mol. The molecule has 0 unspecified atom stereocenters. The molecule has 2 aromatic rings. The van der Waals surface area contributed by atoms with Gasteiger partial charge < -0.3 is 4.79 Å². The Bertz CT molecular complexity index is 733. The van der Waals surface area contributed by atoms with E-state index >= 15 is 0 Å². The Labute approximate surface area is 177 Å². The van der Waals surface area contributed by atoms with Gasteiger partial charge in [0.25, 0.3) is 0 Å². The van der Waals surface area contributed by atoms with E-state index in [9.17, 15) is 4.79 Å². The van der Waals surface area contributed by atoms with Crippen LogP contribution in [0.5, 0.6) is 0 Å². The van der Waals surface area contributed by atoms with Crippen molar-refractivity contribution in [3.8, 4) is 11.1 Å². The molecule has 0 N–H and O–H groups in total. The van der Waals surface area contributed by atoms with E-state index in [1.54, 1.807) is 0 Å². The number of benzene rings is 2. The van der Waals surface area contributed by atoms with Crippen molar-refractivity contribution < 1.29 is 4.79 Å². The normalized spacial score (nSPS) is 21.8. The maximum absolute atomic E-state index is 11.9. The zero-order chi connectivity index (χ0) is 20.5. The number of unbranched alkanes of at least 4 members (excludes halogenated alkanes) is 4. The summed E-state index contributed by atoms with van der Waals surface area (Å²) in [5.41, 5.74) is 5.38. The Morgan fingerprint density at radius 1 is 0.828 bits per heavy atom. The quantitative estimate of drug-likeness (QED) is 0.296.